The van der Waals surface area contributed by atoms with Gasteiger partial charge in [-0.25, -0.2) is 0 Å². The zero-order valence-corrected chi connectivity index (χ0v) is 13.3. The van der Waals surface area contributed by atoms with Crippen LogP contribution in [-0.2, 0) is 11.2 Å². The van der Waals surface area contributed by atoms with Crippen molar-refractivity contribution in [2.75, 3.05) is 11.9 Å². The molecule has 0 saturated carbocycles. The first kappa shape index (κ1) is 17.7. The standard InChI is InChI=1S/C18H16N4O3/c19-12-15(13-20-11-10-14-4-2-1-3-5-14)18(23)21-16-6-8-17(9-7-16)22(24)25/h1-9,13,20H,10-11H2,(H,21,23)/b15-13-. The number of hydrogen-bond donors (Lipinski definition) is 2. The molecule has 0 atom stereocenters. The molecule has 0 unspecified atom stereocenters. The second-order valence-corrected chi connectivity index (χ2v) is 5.12. The molecule has 0 bridgehead atoms. The molecule has 0 fully saturated rings. The van der Waals surface area contributed by atoms with Gasteiger partial charge in [-0.1, -0.05) is 30.3 Å². The maximum absolute atomic E-state index is 12.1. The summed E-state index contributed by atoms with van der Waals surface area (Å²) in [5.41, 5.74) is 1.38. The van der Waals surface area contributed by atoms with E-state index in [2.05, 4.69) is 10.6 Å². The largest absolute Gasteiger partial charge is 0.389 e. The van der Waals surface area contributed by atoms with Gasteiger partial charge in [0.15, 0.2) is 0 Å². The fraction of sp³-hybridized carbons (Fsp3) is 0.111. The minimum atomic E-state index is -0.580. The van der Waals surface area contributed by atoms with Crippen molar-refractivity contribution in [1.29, 1.82) is 5.26 Å². The molecule has 2 rings (SSSR count). The zero-order chi connectivity index (χ0) is 18.1. The lowest BCUT2D eigenvalue weighted by molar-refractivity contribution is -0.384. The Balaban J connectivity index is 1.89. The van der Waals surface area contributed by atoms with Gasteiger partial charge in [0.05, 0.1) is 4.92 Å². The van der Waals surface area contributed by atoms with Gasteiger partial charge in [0, 0.05) is 30.6 Å². The third kappa shape index (κ3) is 5.48. The molecular formula is C18H16N4O3. The molecule has 25 heavy (non-hydrogen) atoms. The number of nitro groups is 1. The van der Waals surface area contributed by atoms with Crippen molar-refractivity contribution < 1.29 is 9.72 Å². The summed E-state index contributed by atoms with van der Waals surface area (Å²) in [5, 5.41) is 25.2. The molecule has 2 N–H and O–H groups in total. The number of rotatable bonds is 7. The molecule has 2 aromatic rings. The summed E-state index contributed by atoms with van der Waals surface area (Å²) in [6.45, 7) is 0.583. The summed E-state index contributed by atoms with van der Waals surface area (Å²) in [6.07, 6.45) is 2.13. The van der Waals surface area contributed by atoms with E-state index < -0.39 is 10.8 Å². The van der Waals surface area contributed by atoms with E-state index in [1.165, 1.54) is 30.5 Å². The van der Waals surface area contributed by atoms with E-state index in [0.717, 1.165) is 12.0 Å². The Bertz CT molecular complexity index is 808. The number of non-ortho nitro benzene ring substituents is 1. The highest BCUT2D eigenvalue weighted by atomic mass is 16.6. The van der Waals surface area contributed by atoms with Crippen molar-refractivity contribution in [3.63, 3.8) is 0 Å². The number of benzene rings is 2. The van der Waals surface area contributed by atoms with Gasteiger partial charge in [-0.05, 0) is 24.1 Å². The van der Waals surface area contributed by atoms with Gasteiger partial charge < -0.3 is 10.6 Å². The lowest BCUT2D eigenvalue weighted by Crippen LogP contribution is -2.18. The number of hydrogen-bond acceptors (Lipinski definition) is 5. The number of carbonyl (C=O) groups is 1. The van der Waals surface area contributed by atoms with Gasteiger partial charge in [-0.15, -0.1) is 0 Å². The van der Waals surface area contributed by atoms with Crippen LogP contribution in [0.25, 0.3) is 0 Å². The minimum absolute atomic E-state index is 0.0726. The molecule has 0 radical (unpaired) electrons. The van der Waals surface area contributed by atoms with Gasteiger partial charge in [0.1, 0.15) is 11.6 Å². The van der Waals surface area contributed by atoms with E-state index >= 15 is 0 Å². The minimum Gasteiger partial charge on any atom is -0.389 e. The number of amides is 1. The lowest BCUT2D eigenvalue weighted by Gasteiger charge is -2.05. The van der Waals surface area contributed by atoms with E-state index in [4.69, 9.17) is 5.26 Å². The molecule has 0 spiro atoms. The van der Waals surface area contributed by atoms with Crippen molar-refractivity contribution in [2.45, 2.75) is 6.42 Å². The number of nitriles is 1. The van der Waals surface area contributed by atoms with Crippen LogP contribution >= 0.6 is 0 Å². The van der Waals surface area contributed by atoms with Crippen LogP contribution in [0.3, 0.4) is 0 Å². The van der Waals surface area contributed by atoms with Gasteiger partial charge in [0.2, 0.25) is 0 Å². The van der Waals surface area contributed by atoms with Crippen molar-refractivity contribution in [2.24, 2.45) is 0 Å². The van der Waals surface area contributed by atoms with Crippen LogP contribution in [0.15, 0.2) is 66.4 Å². The Morgan fingerprint density at radius 2 is 1.84 bits per heavy atom. The van der Waals surface area contributed by atoms with E-state index in [1.54, 1.807) is 0 Å². The molecule has 0 aliphatic carbocycles. The number of nitro benzene ring substituents is 1. The number of nitrogens with one attached hydrogen (secondary N) is 2. The summed E-state index contributed by atoms with van der Waals surface area (Å²) in [5.74, 6) is -0.580. The molecule has 0 aliphatic rings. The number of nitrogens with zero attached hydrogens (tertiary/aromatic N) is 2. The molecule has 1 amide bonds. The van der Waals surface area contributed by atoms with Gasteiger partial charge in [0.25, 0.3) is 11.6 Å². The monoisotopic (exact) mass is 336 g/mol. The summed E-state index contributed by atoms with van der Waals surface area (Å²) in [7, 11) is 0. The summed E-state index contributed by atoms with van der Waals surface area (Å²) in [4.78, 5) is 22.1. The van der Waals surface area contributed by atoms with E-state index in [9.17, 15) is 14.9 Å². The maximum atomic E-state index is 12.1. The Labute approximate surface area is 144 Å². The fourth-order valence-electron chi connectivity index (χ4n) is 2.05. The maximum Gasteiger partial charge on any atom is 0.269 e. The van der Waals surface area contributed by atoms with Crippen molar-refractivity contribution in [3.8, 4) is 6.07 Å². The molecular weight excluding hydrogens is 320 g/mol. The van der Waals surface area contributed by atoms with Crippen LogP contribution in [0.2, 0.25) is 0 Å². The smallest absolute Gasteiger partial charge is 0.269 e. The molecule has 0 aliphatic heterocycles. The Morgan fingerprint density at radius 1 is 1.16 bits per heavy atom. The molecule has 126 valence electrons. The quantitative estimate of drug-likeness (QED) is 0.266. The average molecular weight is 336 g/mol. The summed E-state index contributed by atoms with van der Waals surface area (Å²) in [6, 6.07) is 17.0. The van der Waals surface area contributed by atoms with E-state index in [-0.39, 0.29) is 11.3 Å². The predicted octanol–water partition coefficient (Wildman–Crippen LogP) is 2.77. The number of anilines is 1. The average Bonchev–Trinajstić information content (AvgIpc) is 2.63. The van der Waals surface area contributed by atoms with Crippen LogP contribution in [0.4, 0.5) is 11.4 Å². The predicted molar refractivity (Wildman–Crippen MR) is 93.6 cm³/mol. The first-order chi connectivity index (χ1) is 12.1. The van der Waals surface area contributed by atoms with E-state index in [0.29, 0.717) is 12.2 Å². The van der Waals surface area contributed by atoms with Crippen molar-refractivity contribution in [1.82, 2.24) is 5.32 Å². The third-order valence-corrected chi connectivity index (χ3v) is 3.35. The second kappa shape index (κ2) is 8.84. The Hall–Kier alpha value is -3.66. The van der Waals surface area contributed by atoms with Crippen molar-refractivity contribution in [3.05, 3.63) is 82.0 Å². The zero-order valence-electron chi connectivity index (χ0n) is 13.3. The summed E-state index contributed by atoms with van der Waals surface area (Å²) >= 11 is 0. The van der Waals surface area contributed by atoms with E-state index in [1.807, 2.05) is 36.4 Å². The highest BCUT2D eigenvalue weighted by Gasteiger charge is 2.10. The van der Waals surface area contributed by atoms with Crippen LogP contribution in [0, 0.1) is 21.4 Å². The van der Waals surface area contributed by atoms with Crippen LogP contribution in [0.5, 0.6) is 0 Å². The van der Waals surface area contributed by atoms with Gasteiger partial charge in [-0.3, -0.25) is 14.9 Å². The highest BCUT2D eigenvalue weighted by Crippen LogP contribution is 2.15. The molecule has 0 heterocycles. The third-order valence-electron chi connectivity index (χ3n) is 3.35. The highest BCUT2D eigenvalue weighted by molar-refractivity contribution is 6.06. The fourth-order valence-corrected chi connectivity index (χ4v) is 2.05. The second-order valence-electron chi connectivity index (χ2n) is 5.12. The van der Waals surface area contributed by atoms with Crippen LogP contribution < -0.4 is 10.6 Å². The lowest BCUT2D eigenvalue weighted by atomic mass is 10.1. The van der Waals surface area contributed by atoms with Gasteiger partial charge in [-0.2, -0.15) is 5.26 Å². The first-order valence-corrected chi connectivity index (χ1v) is 7.53. The molecule has 7 heteroatoms. The molecule has 2 aromatic carbocycles. The SMILES string of the molecule is N#C/C(=C/NCCc1ccccc1)C(=O)Nc1ccc([N+](=O)[O-])cc1. The van der Waals surface area contributed by atoms with Gasteiger partial charge >= 0.3 is 0 Å². The van der Waals surface area contributed by atoms with Crippen molar-refractivity contribution >= 4 is 17.3 Å². The normalized spacial score (nSPS) is 10.6. The van der Waals surface area contributed by atoms with Crippen LogP contribution in [0.1, 0.15) is 5.56 Å². The Kier molecular flexibility index (Phi) is 6.25. The number of carbonyl (C=O) groups excluding carboxylic acids is 1. The topological polar surface area (TPSA) is 108 Å². The molecule has 0 saturated heterocycles. The first-order valence-electron chi connectivity index (χ1n) is 7.53. The Morgan fingerprint density at radius 3 is 2.44 bits per heavy atom. The molecule has 7 nitrogen and oxygen atoms in total. The molecule has 0 aromatic heterocycles. The summed E-state index contributed by atoms with van der Waals surface area (Å²) < 4.78 is 0. The van der Waals surface area contributed by atoms with Crippen LogP contribution in [-0.4, -0.2) is 17.4 Å².